The highest BCUT2D eigenvalue weighted by molar-refractivity contribution is 5.77. The van der Waals surface area contributed by atoms with Gasteiger partial charge in [-0.3, -0.25) is 10.1 Å². The Kier molecular flexibility index (Phi) is 4.04. The van der Waals surface area contributed by atoms with Crippen LogP contribution in [0.4, 0.5) is 0 Å². The van der Waals surface area contributed by atoms with E-state index in [0.717, 1.165) is 11.5 Å². The third kappa shape index (κ3) is 3.37. The summed E-state index contributed by atoms with van der Waals surface area (Å²) in [6.45, 7) is 2.39. The van der Waals surface area contributed by atoms with Crippen molar-refractivity contribution in [1.29, 1.82) is 0 Å². The van der Waals surface area contributed by atoms with Crippen LogP contribution < -0.4 is 20.1 Å². The zero-order chi connectivity index (χ0) is 13.0. The molecule has 0 aromatic heterocycles. The van der Waals surface area contributed by atoms with E-state index < -0.39 is 0 Å². The normalized spacial score (nSPS) is 23.3. The summed E-state index contributed by atoms with van der Waals surface area (Å²) in [6, 6.07) is 7.54. The second kappa shape index (κ2) is 5.73. The van der Waals surface area contributed by atoms with E-state index in [-0.39, 0.29) is 18.1 Å². The van der Waals surface area contributed by atoms with Crippen LogP contribution in [0.2, 0.25) is 0 Å². The first-order valence-corrected chi connectivity index (χ1v) is 5.99. The van der Waals surface area contributed by atoms with Crippen LogP contribution in [0.3, 0.4) is 0 Å². The van der Waals surface area contributed by atoms with Crippen LogP contribution in [-0.2, 0) is 4.79 Å². The van der Waals surface area contributed by atoms with E-state index in [9.17, 15) is 4.79 Å². The highest BCUT2D eigenvalue weighted by atomic mass is 16.5. The summed E-state index contributed by atoms with van der Waals surface area (Å²) in [5.74, 6) is 1.61. The van der Waals surface area contributed by atoms with Gasteiger partial charge >= 0.3 is 0 Å². The Bertz CT molecular complexity index is 405. The highest BCUT2D eigenvalue weighted by Gasteiger charge is 2.22. The Balaban J connectivity index is 1.84. The molecule has 1 heterocycles. The molecule has 1 aromatic rings. The molecule has 5 heteroatoms. The van der Waals surface area contributed by atoms with Gasteiger partial charge in [-0.25, -0.2) is 0 Å². The standard InChI is InChI=1S/C13H18N2O3/c1-9-7-13(16)15-12(14-9)8-18-11-5-3-10(17-2)4-6-11/h3-6,9,12,14H,7-8H2,1-2H3,(H,15,16). The molecule has 2 unspecified atom stereocenters. The van der Waals surface area contributed by atoms with Crippen LogP contribution >= 0.6 is 0 Å². The van der Waals surface area contributed by atoms with E-state index in [4.69, 9.17) is 9.47 Å². The van der Waals surface area contributed by atoms with Crippen LogP contribution in [0.25, 0.3) is 0 Å². The molecule has 1 aromatic carbocycles. The van der Waals surface area contributed by atoms with Crippen molar-refractivity contribution in [3.63, 3.8) is 0 Å². The molecule has 2 rings (SSSR count). The van der Waals surface area contributed by atoms with Crippen molar-refractivity contribution in [1.82, 2.24) is 10.6 Å². The monoisotopic (exact) mass is 250 g/mol. The maximum absolute atomic E-state index is 11.4. The van der Waals surface area contributed by atoms with E-state index >= 15 is 0 Å². The van der Waals surface area contributed by atoms with Crippen LogP contribution in [0.15, 0.2) is 24.3 Å². The summed E-state index contributed by atoms with van der Waals surface area (Å²) in [5.41, 5.74) is 0. The fourth-order valence-electron chi connectivity index (χ4n) is 1.92. The highest BCUT2D eigenvalue weighted by Crippen LogP contribution is 2.17. The minimum Gasteiger partial charge on any atom is -0.497 e. The van der Waals surface area contributed by atoms with Crippen LogP contribution in [0.1, 0.15) is 13.3 Å². The summed E-state index contributed by atoms with van der Waals surface area (Å²) in [5, 5.41) is 6.10. The molecule has 1 saturated heterocycles. The zero-order valence-electron chi connectivity index (χ0n) is 10.6. The third-order valence-corrected chi connectivity index (χ3v) is 2.79. The van der Waals surface area contributed by atoms with Crippen LogP contribution in [-0.4, -0.2) is 31.8 Å². The molecule has 2 N–H and O–H groups in total. The predicted octanol–water partition coefficient (Wildman–Crippen LogP) is 0.898. The van der Waals surface area contributed by atoms with E-state index in [1.54, 1.807) is 7.11 Å². The number of methoxy groups -OCH3 is 1. The number of benzene rings is 1. The third-order valence-electron chi connectivity index (χ3n) is 2.79. The topological polar surface area (TPSA) is 59.6 Å². The molecule has 5 nitrogen and oxygen atoms in total. The van der Waals surface area contributed by atoms with Gasteiger partial charge in [0.15, 0.2) is 0 Å². The average molecular weight is 250 g/mol. The number of hydrogen-bond donors (Lipinski definition) is 2. The number of nitrogens with one attached hydrogen (secondary N) is 2. The lowest BCUT2D eigenvalue weighted by atomic mass is 10.1. The van der Waals surface area contributed by atoms with E-state index in [1.807, 2.05) is 31.2 Å². The second-order valence-corrected chi connectivity index (χ2v) is 4.38. The summed E-state index contributed by atoms with van der Waals surface area (Å²) >= 11 is 0. The lowest BCUT2D eigenvalue weighted by molar-refractivity contribution is -0.124. The fourth-order valence-corrected chi connectivity index (χ4v) is 1.92. The molecular formula is C13H18N2O3. The summed E-state index contributed by atoms with van der Waals surface area (Å²) in [7, 11) is 1.62. The molecule has 1 fully saturated rings. The van der Waals surface area contributed by atoms with Crippen molar-refractivity contribution in [2.24, 2.45) is 0 Å². The van der Waals surface area contributed by atoms with Crippen molar-refractivity contribution in [3.05, 3.63) is 24.3 Å². The van der Waals surface area contributed by atoms with Gasteiger partial charge in [0.1, 0.15) is 24.3 Å². The molecule has 0 radical (unpaired) electrons. The van der Waals surface area contributed by atoms with Crippen molar-refractivity contribution in [3.8, 4) is 11.5 Å². The van der Waals surface area contributed by atoms with Gasteiger partial charge in [-0.15, -0.1) is 0 Å². The van der Waals surface area contributed by atoms with Crippen molar-refractivity contribution >= 4 is 5.91 Å². The average Bonchev–Trinajstić information content (AvgIpc) is 2.36. The Hall–Kier alpha value is -1.75. The molecule has 98 valence electrons. The van der Waals surface area contributed by atoms with E-state index in [2.05, 4.69) is 10.6 Å². The van der Waals surface area contributed by atoms with Gasteiger partial charge in [-0.1, -0.05) is 0 Å². The minimum absolute atomic E-state index is 0.0598. The Labute approximate surface area is 106 Å². The van der Waals surface area contributed by atoms with Gasteiger partial charge < -0.3 is 14.8 Å². The van der Waals surface area contributed by atoms with Gasteiger partial charge in [-0.05, 0) is 31.2 Å². The minimum atomic E-state index is -0.136. The number of hydrogen-bond acceptors (Lipinski definition) is 4. The molecule has 0 spiro atoms. The molecular weight excluding hydrogens is 232 g/mol. The molecule has 1 aliphatic rings. The first-order chi connectivity index (χ1) is 8.67. The molecule has 0 bridgehead atoms. The summed E-state index contributed by atoms with van der Waals surface area (Å²) < 4.78 is 10.7. The zero-order valence-corrected chi connectivity index (χ0v) is 10.6. The molecule has 0 aliphatic carbocycles. The molecule has 18 heavy (non-hydrogen) atoms. The Morgan fingerprint density at radius 3 is 2.56 bits per heavy atom. The number of carbonyl (C=O) groups is 1. The van der Waals surface area contributed by atoms with Gasteiger partial charge in [0.2, 0.25) is 5.91 Å². The Morgan fingerprint density at radius 2 is 1.94 bits per heavy atom. The van der Waals surface area contributed by atoms with E-state index in [0.29, 0.717) is 13.0 Å². The first-order valence-electron chi connectivity index (χ1n) is 5.99. The van der Waals surface area contributed by atoms with Gasteiger partial charge in [-0.2, -0.15) is 0 Å². The number of carbonyl (C=O) groups excluding carboxylic acids is 1. The Morgan fingerprint density at radius 1 is 1.28 bits per heavy atom. The van der Waals surface area contributed by atoms with Crippen LogP contribution in [0.5, 0.6) is 11.5 Å². The molecule has 2 atom stereocenters. The van der Waals surface area contributed by atoms with Gasteiger partial charge in [0, 0.05) is 12.5 Å². The van der Waals surface area contributed by atoms with Crippen LogP contribution in [0, 0.1) is 0 Å². The van der Waals surface area contributed by atoms with Crippen molar-refractivity contribution in [2.45, 2.75) is 25.6 Å². The number of amides is 1. The molecule has 1 amide bonds. The lowest BCUT2D eigenvalue weighted by Crippen LogP contribution is -2.57. The predicted molar refractivity (Wildman–Crippen MR) is 67.6 cm³/mol. The summed E-state index contributed by atoms with van der Waals surface area (Å²) in [6.07, 6.45) is 0.377. The fraction of sp³-hybridized carbons (Fsp3) is 0.462. The lowest BCUT2D eigenvalue weighted by Gasteiger charge is -2.29. The van der Waals surface area contributed by atoms with E-state index in [1.165, 1.54) is 0 Å². The smallest absolute Gasteiger partial charge is 0.222 e. The van der Waals surface area contributed by atoms with Gasteiger partial charge in [0.25, 0.3) is 0 Å². The quantitative estimate of drug-likeness (QED) is 0.833. The number of ether oxygens (including phenoxy) is 2. The van der Waals surface area contributed by atoms with Gasteiger partial charge in [0.05, 0.1) is 7.11 Å². The maximum Gasteiger partial charge on any atom is 0.222 e. The SMILES string of the molecule is COc1ccc(OCC2NC(=O)CC(C)N2)cc1. The largest absolute Gasteiger partial charge is 0.497 e. The number of rotatable bonds is 4. The first kappa shape index (κ1) is 12.7. The van der Waals surface area contributed by atoms with Crippen molar-refractivity contribution < 1.29 is 14.3 Å². The van der Waals surface area contributed by atoms with Crippen molar-refractivity contribution in [2.75, 3.05) is 13.7 Å². The second-order valence-electron chi connectivity index (χ2n) is 4.38. The summed E-state index contributed by atoms with van der Waals surface area (Å²) in [4.78, 5) is 11.4. The molecule has 1 aliphatic heterocycles. The maximum atomic E-state index is 11.4. The molecule has 0 saturated carbocycles.